The van der Waals surface area contributed by atoms with Gasteiger partial charge in [0.05, 0.1) is 52.7 Å². The maximum atomic E-state index is 14.1. The van der Waals surface area contributed by atoms with Gasteiger partial charge in [0.2, 0.25) is 35.4 Å². The molecular formula is C54H70N8O10S. The van der Waals surface area contributed by atoms with E-state index in [9.17, 15) is 33.9 Å². The summed E-state index contributed by atoms with van der Waals surface area (Å²) in [5.41, 5.74) is 20.4. The summed E-state index contributed by atoms with van der Waals surface area (Å²) in [7, 11) is 0. The average Bonchev–Trinajstić information content (AvgIpc) is 4.06. The Bertz CT molecular complexity index is 2610. The van der Waals surface area contributed by atoms with E-state index in [0.717, 1.165) is 56.6 Å². The zero-order chi connectivity index (χ0) is 53.1. The van der Waals surface area contributed by atoms with Crippen LogP contribution in [0.25, 0.3) is 10.4 Å². The van der Waals surface area contributed by atoms with Gasteiger partial charge in [-0.2, -0.15) is 0 Å². The zero-order valence-electron chi connectivity index (χ0n) is 42.5. The third-order valence-electron chi connectivity index (χ3n) is 13.5. The number of ether oxygens (including phenoxy) is 1. The lowest BCUT2D eigenvalue weighted by Gasteiger charge is -2.35. The number of nitrogens with one attached hydrogen (secondary N) is 3. The van der Waals surface area contributed by atoms with E-state index in [-0.39, 0.29) is 69.0 Å². The Morgan fingerprint density at radius 2 is 1.58 bits per heavy atom. The van der Waals surface area contributed by atoms with E-state index in [1.165, 1.54) is 4.90 Å². The van der Waals surface area contributed by atoms with Gasteiger partial charge >= 0.3 is 0 Å². The minimum absolute atomic E-state index is 0.0106. The number of amides is 6. The molecule has 7 atom stereocenters. The lowest BCUT2D eigenvalue weighted by atomic mass is 9.85. The molecule has 6 amide bonds. The molecule has 392 valence electrons. The number of thiazole rings is 1. The highest BCUT2D eigenvalue weighted by Crippen LogP contribution is 2.39. The van der Waals surface area contributed by atoms with Crippen LogP contribution in [0.2, 0.25) is 0 Å². The van der Waals surface area contributed by atoms with E-state index >= 15 is 0 Å². The number of hydrogen-bond donors (Lipinski definition) is 7. The first-order valence-electron chi connectivity index (χ1n) is 24.8. The summed E-state index contributed by atoms with van der Waals surface area (Å²) in [4.78, 5) is 97.6. The van der Waals surface area contributed by atoms with Gasteiger partial charge in [0.1, 0.15) is 18.1 Å². The van der Waals surface area contributed by atoms with Crippen molar-refractivity contribution in [2.45, 2.75) is 155 Å². The Morgan fingerprint density at radius 3 is 2.22 bits per heavy atom. The summed E-state index contributed by atoms with van der Waals surface area (Å²) in [6.07, 6.45) is 1.80. The molecule has 0 radical (unpaired) electrons. The zero-order valence-corrected chi connectivity index (χ0v) is 43.3. The van der Waals surface area contributed by atoms with Gasteiger partial charge in [-0.05, 0) is 84.7 Å². The summed E-state index contributed by atoms with van der Waals surface area (Å²) in [5, 5.41) is 27.0. The number of aryl methyl sites for hydroxylation is 3. The van der Waals surface area contributed by atoms with Crippen LogP contribution >= 0.6 is 11.3 Å². The van der Waals surface area contributed by atoms with Gasteiger partial charge in [-0.15, -0.1) is 11.3 Å². The van der Waals surface area contributed by atoms with E-state index in [2.05, 4.69) is 20.9 Å². The molecule has 1 fully saturated rings. The molecule has 1 aromatic heterocycles. The maximum absolute atomic E-state index is 14.1. The summed E-state index contributed by atoms with van der Waals surface area (Å²) in [6.45, 7) is 10.9. The van der Waals surface area contributed by atoms with Crippen LogP contribution in [0.5, 0.6) is 0 Å². The number of carbonyl (C=O) groups is 7. The van der Waals surface area contributed by atoms with Crippen molar-refractivity contribution in [3.05, 3.63) is 106 Å². The maximum Gasteiger partial charge on any atom is 0.300 e. The number of carbonyl (C=O) groups excluding carboxylic acids is 6. The van der Waals surface area contributed by atoms with Crippen molar-refractivity contribution in [3.63, 3.8) is 0 Å². The second-order valence-electron chi connectivity index (χ2n) is 20.3. The largest absolute Gasteiger partial charge is 0.481 e. The van der Waals surface area contributed by atoms with Crippen molar-refractivity contribution >= 4 is 58.4 Å². The van der Waals surface area contributed by atoms with Gasteiger partial charge < -0.3 is 47.3 Å². The van der Waals surface area contributed by atoms with Crippen LogP contribution < -0.4 is 32.3 Å². The number of carboxylic acid groups (broad SMARTS) is 1. The fraction of sp³-hybridized carbons (Fsp3) is 0.481. The second-order valence-corrected chi connectivity index (χ2v) is 21.1. The summed E-state index contributed by atoms with van der Waals surface area (Å²) in [6, 6.07) is 17.7. The van der Waals surface area contributed by atoms with Crippen molar-refractivity contribution < 1.29 is 48.5 Å². The molecule has 0 spiro atoms. The molecule has 4 heterocycles. The molecule has 3 aliphatic heterocycles. The number of aromatic nitrogens is 1. The molecule has 9 N–H and O–H groups in total. The van der Waals surface area contributed by atoms with Crippen molar-refractivity contribution in [1.29, 1.82) is 0 Å². The topological polar surface area (TPSA) is 277 Å². The van der Waals surface area contributed by atoms with Crippen molar-refractivity contribution in [1.82, 2.24) is 25.8 Å². The minimum Gasteiger partial charge on any atom is -0.481 e. The second kappa shape index (κ2) is 24.9. The van der Waals surface area contributed by atoms with Crippen LogP contribution in [0, 0.1) is 12.3 Å². The molecule has 19 heteroatoms. The van der Waals surface area contributed by atoms with Crippen molar-refractivity contribution in [2.24, 2.45) is 16.9 Å². The Hall–Kier alpha value is -6.54. The molecule has 0 bridgehead atoms. The summed E-state index contributed by atoms with van der Waals surface area (Å²) in [5.74, 6) is -3.03. The standard InChI is InChI=1S/C52H66N8O8S.C2H4O2/c1-30-46(69-29-56-30)36-18-16-33(17-19-36)26-55-48(64)41-25-38(61)27-59(41)51(67)47(52(3,4)5)58-44(63)11-6-8-32-12-14-34(15-13-32)28-68-31(2)40(22-23-43(54)62)57-49(65)42-24-37-10-7-9-35-20-21-39(53)50(66)60(42)45(35)37;1-2(3)4/h7,9-10,12-19,29,31,38-42,47,61H,6,8,11,20-28,53H2,1-5H3,(H2,54,62)(H,55,64)(H,57,65)(H,58,63);1H3,(H,3,4)/t31-,38-,39+,40+,41+,42+,47-;/m1./s1. The molecule has 0 unspecified atom stereocenters. The number of para-hydroxylation sites is 1. The Morgan fingerprint density at radius 1 is 0.918 bits per heavy atom. The number of β-amino-alcohol motifs (C(OH)–C–C–N with tert-alkyl or cyclic N) is 1. The predicted octanol–water partition coefficient (Wildman–Crippen LogP) is 4.23. The van der Waals surface area contributed by atoms with E-state index in [4.69, 9.17) is 26.1 Å². The SMILES string of the molecule is CC(=O)O.Cc1ncsc1-c1ccc(CNC(=O)[C@@H]2C[C@@H](O)CN2C(=O)[C@@H](NC(=O)CCCc2ccc(CO[C@H](C)[C@H](CCC(N)=O)NC(=O)[C@@H]3Cc4cccc5c4N3C(=O)[C@@H](N)CC5)cc2)C(C)(C)C)cc1. The van der Waals surface area contributed by atoms with Gasteiger partial charge in [0.25, 0.3) is 5.97 Å². The van der Waals surface area contributed by atoms with Gasteiger partial charge in [0, 0.05) is 45.7 Å². The van der Waals surface area contributed by atoms with Gasteiger partial charge in [0.15, 0.2) is 0 Å². The molecule has 1 saturated heterocycles. The lowest BCUT2D eigenvalue weighted by Crippen LogP contribution is -2.57. The first kappa shape index (κ1) is 55.8. The molecule has 3 aromatic carbocycles. The number of hydrogen-bond acceptors (Lipinski definition) is 12. The predicted molar refractivity (Wildman–Crippen MR) is 277 cm³/mol. The molecular weight excluding hydrogens is 953 g/mol. The van der Waals surface area contributed by atoms with E-state index in [1.54, 1.807) is 16.2 Å². The van der Waals surface area contributed by atoms with E-state index < -0.39 is 65.6 Å². The fourth-order valence-electron chi connectivity index (χ4n) is 9.48. The Balaban J connectivity index is 0.00000209. The van der Waals surface area contributed by atoms with E-state index in [0.29, 0.717) is 32.1 Å². The van der Waals surface area contributed by atoms with E-state index in [1.807, 2.05) is 107 Å². The average molecular weight is 1020 g/mol. The van der Waals surface area contributed by atoms with Gasteiger partial charge in [-0.1, -0.05) is 87.5 Å². The molecule has 73 heavy (non-hydrogen) atoms. The fourth-order valence-corrected chi connectivity index (χ4v) is 10.3. The third-order valence-corrected chi connectivity index (χ3v) is 14.4. The summed E-state index contributed by atoms with van der Waals surface area (Å²) < 4.78 is 6.25. The number of primary amides is 1. The van der Waals surface area contributed by atoms with Crippen LogP contribution in [-0.2, 0) is 70.7 Å². The van der Waals surface area contributed by atoms with Gasteiger partial charge in [-0.3, -0.25) is 38.5 Å². The quantitative estimate of drug-likeness (QED) is 0.0696. The minimum atomic E-state index is -0.927. The van der Waals surface area contributed by atoms with Crippen molar-refractivity contribution in [3.8, 4) is 10.4 Å². The summed E-state index contributed by atoms with van der Waals surface area (Å²) >= 11 is 1.57. The first-order valence-corrected chi connectivity index (χ1v) is 25.7. The third kappa shape index (κ3) is 14.8. The van der Waals surface area contributed by atoms with Crippen LogP contribution in [0.4, 0.5) is 5.69 Å². The number of nitrogens with two attached hydrogens (primary N) is 2. The number of anilines is 1. The normalized spacial score (nSPS) is 19.4. The number of aliphatic carboxylic acids is 1. The highest BCUT2D eigenvalue weighted by atomic mass is 32.1. The number of rotatable bonds is 19. The van der Waals surface area contributed by atoms with Gasteiger partial charge in [-0.25, -0.2) is 4.98 Å². The Kier molecular flexibility index (Phi) is 19.0. The van der Waals surface area contributed by atoms with Crippen LogP contribution in [0.1, 0.15) is 107 Å². The number of aliphatic hydroxyl groups is 1. The van der Waals surface area contributed by atoms with Crippen LogP contribution in [0.3, 0.4) is 0 Å². The molecule has 4 aromatic rings. The highest BCUT2D eigenvalue weighted by Gasteiger charge is 2.45. The number of carboxylic acids is 1. The lowest BCUT2D eigenvalue weighted by molar-refractivity contribution is -0.144. The molecule has 3 aliphatic rings. The number of benzene rings is 3. The monoisotopic (exact) mass is 1020 g/mol. The number of nitrogens with zero attached hydrogens (tertiary/aromatic N) is 3. The molecule has 0 saturated carbocycles. The Labute approximate surface area is 430 Å². The first-order chi connectivity index (χ1) is 34.6. The molecule has 18 nitrogen and oxygen atoms in total. The van der Waals surface area contributed by atoms with Crippen LogP contribution in [-0.4, -0.2) is 110 Å². The molecule has 0 aliphatic carbocycles. The highest BCUT2D eigenvalue weighted by molar-refractivity contribution is 7.13. The smallest absolute Gasteiger partial charge is 0.300 e. The number of aliphatic hydroxyl groups excluding tert-OH is 1. The molecule has 7 rings (SSSR count). The van der Waals surface area contributed by atoms with Crippen LogP contribution in [0.15, 0.2) is 72.2 Å². The number of likely N-dealkylation sites (tertiary alicyclic amines) is 1. The van der Waals surface area contributed by atoms with Crippen molar-refractivity contribution in [2.75, 3.05) is 11.4 Å².